The summed E-state index contributed by atoms with van der Waals surface area (Å²) in [4.78, 5) is 0. The van der Waals surface area contributed by atoms with Gasteiger partial charge in [0, 0.05) is 17.3 Å². The van der Waals surface area contributed by atoms with Crippen molar-refractivity contribution in [2.75, 3.05) is 17.3 Å². The molecule has 0 saturated heterocycles. The van der Waals surface area contributed by atoms with E-state index in [1.807, 2.05) is 20.8 Å². The first-order chi connectivity index (χ1) is 10.7. The third kappa shape index (κ3) is 51.6. The standard InChI is InChI=1S/3C4H10O3S.Al/c3*1-2-3-4-8(5,6)7;/h3*2-4H2,1H3,(H,5,6,7);/q;;;+3/p-3. The maximum absolute atomic E-state index is 9.83. The Morgan fingerprint density at radius 3 is 0.720 bits per heavy atom. The molecule has 0 unspecified atom stereocenters. The van der Waals surface area contributed by atoms with E-state index in [0.717, 1.165) is 19.3 Å². The summed E-state index contributed by atoms with van der Waals surface area (Å²) in [5, 5.41) is 0. The van der Waals surface area contributed by atoms with Gasteiger partial charge in [-0.25, -0.2) is 25.3 Å². The molecule has 0 aliphatic heterocycles. The normalized spacial score (nSPS) is 11.3. The van der Waals surface area contributed by atoms with Crippen molar-refractivity contribution in [1.29, 1.82) is 0 Å². The molecule has 0 aromatic rings. The predicted octanol–water partition coefficient (Wildman–Crippen LogP) is 0.614. The molecule has 0 aromatic carbocycles. The molecule has 0 amide bonds. The van der Waals surface area contributed by atoms with Gasteiger partial charge in [0.2, 0.25) is 0 Å². The molecule has 0 radical (unpaired) electrons. The fourth-order valence-corrected chi connectivity index (χ4v) is 2.89. The third-order valence-electron chi connectivity index (χ3n) is 2.24. The van der Waals surface area contributed by atoms with Crippen molar-refractivity contribution in [3.05, 3.63) is 0 Å². The van der Waals surface area contributed by atoms with Gasteiger partial charge in [-0.05, 0) is 19.3 Å². The fourth-order valence-electron chi connectivity index (χ4n) is 0.963. The minimum absolute atomic E-state index is 0. The van der Waals surface area contributed by atoms with Gasteiger partial charge in [-0.2, -0.15) is 0 Å². The molecule has 0 aliphatic carbocycles. The molecule has 0 fully saturated rings. The zero-order valence-corrected chi connectivity index (χ0v) is 18.4. The summed E-state index contributed by atoms with van der Waals surface area (Å²) >= 11 is 0. The topological polar surface area (TPSA) is 172 Å². The summed E-state index contributed by atoms with van der Waals surface area (Å²) in [5.74, 6) is -0.656. The predicted molar refractivity (Wildman–Crippen MR) is 94.2 cm³/mol. The van der Waals surface area contributed by atoms with Crippen molar-refractivity contribution in [3.63, 3.8) is 0 Å². The Morgan fingerprint density at radius 1 is 0.520 bits per heavy atom. The van der Waals surface area contributed by atoms with E-state index in [-0.39, 0.29) is 34.6 Å². The molecule has 25 heavy (non-hydrogen) atoms. The van der Waals surface area contributed by atoms with Crippen LogP contribution < -0.4 is 0 Å². The minimum atomic E-state index is -3.94. The van der Waals surface area contributed by atoms with Crippen LogP contribution in [0, 0.1) is 0 Å². The molecular formula is C12H27AlO9S3. The van der Waals surface area contributed by atoms with Gasteiger partial charge >= 0.3 is 17.4 Å². The van der Waals surface area contributed by atoms with Crippen LogP contribution in [-0.2, 0) is 30.4 Å². The van der Waals surface area contributed by atoms with Crippen LogP contribution in [0.5, 0.6) is 0 Å². The quantitative estimate of drug-likeness (QED) is 0.369. The average molecular weight is 439 g/mol. The molecular weight excluding hydrogens is 411 g/mol. The van der Waals surface area contributed by atoms with Crippen LogP contribution in [0.15, 0.2) is 0 Å². The molecule has 0 atom stereocenters. The Bertz CT molecular complexity index is 498. The van der Waals surface area contributed by atoms with Crippen molar-refractivity contribution in [2.24, 2.45) is 0 Å². The zero-order valence-electron chi connectivity index (χ0n) is 14.8. The van der Waals surface area contributed by atoms with Crippen molar-refractivity contribution < 1.29 is 38.9 Å². The smallest absolute Gasteiger partial charge is 0.748 e. The van der Waals surface area contributed by atoms with Gasteiger partial charge in [-0.3, -0.25) is 0 Å². The molecule has 0 spiro atoms. The molecule has 0 bridgehead atoms. The Labute approximate surface area is 163 Å². The summed E-state index contributed by atoms with van der Waals surface area (Å²) in [6, 6.07) is 0. The van der Waals surface area contributed by atoms with Gasteiger partial charge in [-0.1, -0.05) is 40.0 Å². The van der Waals surface area contributed by atoms with Crippen LogP contribution in [0.1, 0.15) is 59.3 Å². The summed E-state index contributed by atoms with van der Waals surface area (Å²) in [6.07, 6.45) is 3.69. The van der Waals surface area contributed by atoms with Crippen molar-refractivity contribution in [1.82, 2.24) is 0 Å². The Balaban J connectivity index is -0.000000130. The molecule has 9 nitrogen and oxygen atoms in total. The van der Waals surface area contributed by atoms with Crippen LogP contribution in [0.4, 0.5) is 0 Å². The second-order valence-electron chi connectivity index (χ2n) is 4.85. The van der Waals surface area contributed by atoms with E-state index in [9.17, 15) is 38.9 Å². The van der Waals surface area contributed by atoms with Crippen LogP contribution in [0.25, 0.3) is 0 Å². The van der Waals surface area contributed by atoms with E-state index >= 15 is 0 Å². The van der Waals surface area contributed by atoms with E-state index in [1.165, 1.54) is 0 Å². The van der Waals surface area contributed by atoms with E-state index < -0.39 is 30.4 Å². The number of unbranched alkanes of at least 4 members (excludes halogenated alkanes) is 3. The van der Waals surface area contributed by atoms with Gasteiger partial charge < -0.3 is 13.7 Å². The van der Waals surface area contributed by atoms with Crippen molar-refractivity contribution in [2.45, 2.75) is 59.3 Å². The monoisotopic (exact) mass is 438 g/mol. The van der Waals surface area contributed by atoms with Crippen LogP contribution in [0.3, 0.4) is 0 Å². The van der Waals surface area contributed by atoms with E-state index in [1.54, 1.807) is 0 Å². The van der Waals surface area contributed by atoms with Gasteiger partial charge in [0.15, 0.2) is 0 Å². The van der Waals surface area contributed by atoms with Crippen LogP contribution in [0.2, 0.25) is 0 Å². The minimum Gasteiger partial charge on any atom is -0.748 e. The summed E-state index contributed by atoms with van der Waals surface area (Å²) in [6.45, 7) is 5.52. The van der Waals surface area contributed by atoms with E-state index in [4.69, 9.17) is 0 Å². The summed E-state index contributed by atoms with van der Waals surface area (Å²) in [5.41, 5.74) is 0. The Morgan fingerprint density at radius 2 is 0.680 bits per heavy atom. The molecule has 13 heteroatoms. The third-order valence-corrected chi connectivity index (χ3v) is 4.61. The maximum Gasteiger partial charge on any atom is 3.00 e. The van der Waals surface area contributed by atoms with Crippen LogP contribution in [-0.4, -0.2) is 73.5 Å². The first-order valence-electron chi connectivity index (χ1n) is 7.49. The van der Waals surface area contributed by atoms with Gasteiger partial charge in [0.1, 0.15) is 0 Å². The van der Waals surface area contributed by atoms with Gasteiger partial charge in [0.25, 0.3) is 0 Å². The van der Waals surface area contributed by atoms with E-state index in [2.05, 4.69) is 0 Å². The van der Waals surface area contributed by atoms with Crippen molar-refractivity contribution in [3.8, 4) is 0 Å². The molecule has 0 saturated carbocycles. The molecule has 0 aliphatic rings. The largest absolute Gasteiger partial charge is 3.00 e. The summed E-state index contributed by atoms with van der Waals surface area (Å²) in [7, 11) is -11.8. The zero-order chi connectivity index (χ0) is 19.9. The fraction of sp³-hybridized carbons (Fsp3) is 1.00. The Kier molecular flexibility index (Phi) is 23.2. The maximum atomic E-state index is 9.83. The summed E-state index contributed by atoms with van der Waals surface area (Å²) < 4.78 is 88.5. The molecule has 0 N–H and O–H groups in total. The van der Waals surface area contributed by atoms with Gasteiger partial charge in [0.05, 0.1) is 30.4 Å². The first kappa shape index (κ1) is 32.9. The molecule has 0 rings (SSSR count). The molecule has 150 valence electrons. The van der Waals surface area contributed by atoms with E-state index in [0.29, 0.717) is 19.3 Å². The number of hydrogen-bond donors (Lipinski definition) is 0. The van der Waals surface area contributed by atoms with Crippen molar-refractivity contribution >= 4 is 47.7 Å². The SMILES string of the molecule is CCCCS(=O)(=O)[O-].CCCCS(=O)(=O)[O-].CCCCS(=O)(=O)[O-].[Al+3]. The molecule has 0 aromatic heterocycles. The Hall–Kier alpha value is 0.262. The van der Waals surface area contributed by atoms with Gasteiger partial charge in [-0.15, -0.1) is 0 Å². The average Bonchev–Trinajstić information content (AvgIpc) is 2.39. The molecule has 0 heterocycles. The first-order valence-corrected chi connectivity index (χ1v) is 12.2. The second kappa shape index (κ2) is 17.7. The van der Waals surface area contributed by atoms with Crippen LogP contribution >= 0.6 is 0 Å². The number of rotatable bonds is 9. The number of hydrogen-bond acceptors (Lipinski definition) is 9. The second-order valence-corrected chi connectivity index (χ2v) is 9.42.